The van der Waals surface area contributed by atoms with Crippen LogP contribution in [0.1, 0.15) is 23.7 Å². The lowest BCUT2D eigenvalue weighted by Gasteiger charge is -2.14. The maximum Gasteiger partial charge on any atom is 0.340 e. The topological polar surface area (TPSA) is 104 Å². The summed E-state index contributed by atoms with van der Waals surface area (Å²) in [7, 11) is -2.98. The summed E-state index contributed by atoms with van der Waals surface area (Å²) in [5, 5.41) is -0.0764. The Morgan fingerprint density at radius 3 is 2.64 bits per heavy atom. The van der Waals surface area contributed by atoms with Crippen molar-refractivity contribution in [2.75, 3.05) is 11.5 Å². The van der Waals surface area contributed by atoms with Gasteiger partial charge in [-0.05, 0) is 25.5 Å². The van der Waals surface area contributed by atoms with Crippen LogP contribution < -0.4 is 5.73 Å². The number of rotatable bonds is 5. The van der Waals surface area contributed by atoms with Gasteiger partial charge >= 0.3 is 5.97 Å². The molecular weight excluding hydrogens is 326 g/mol. The first-order chi connectivity index (χ1) is 10.3. The smallest absolute Gasteiger partial charge is 0.340 e. The van der Waals surface area contributed by atoms with Gasteiger partial charge in [0.25, 0.3) is 5.91 Å². The van der Waals surface area contributed by atoms with E-state index in [0.29, 0.717) is 16.9 Å². The van der Waals surface area contributed by atoms with Crippen molar-refractivity contribution in [1.29, 1.82) is 0 Å². The standard InChI is InChI=1S/C14H17NO5S2/c1-9(13(15)16)20-14(17)11-4-2-3-5-12(11)21-10-6-7-22(18,19)8-10/h2-5,9-10H,6-8H2,1H3,(H2,15,16)/t9-,10-/m0/s1. The van der Waals surface area contributed by atoms with Crippen molar-refractivity contribution in [2.24, 2.45) is 5.73 Å². The largest absolute Gasteiger partial charge is 0.449 e. The van der Waals surface area contributed by atoms with Gasteiger partial charge in [-0.2, -0.15) is 0 Å². The van der Waals surface area contributed by atoms with Crippen LogP contribution in [0.3, 0.4) is 0 Å². The Balaban J connectivity index is 2.13. The molecule has 0 aliphatic carbocycles. The Morgan fingerprint density at radius 1 is 1.36 bits per heavy atom. The highest BCUT2D eigenvalue weighted by atomic mass is 32.2. The van der Waals surface area contributed by atoms with E-state index in [1.807, 2.05) is 0 Å². The zero-order valence-electron chi connectivity index (χ0n) is 12.0. The number of amides is 1. The third kappa shape index (κ3) is 4.23. The average Bonchev–Trinajstić information content (AvgIpc) is 2.78. The molecule has 1 aromatic carbocycles. The lowest BCUT2D eigenvalue weighted by atomic mass is 10.2. The number of carbonyl (C=O) groups is 2. The van der Waals surface area contributed by atoms with Crippen LogP contribution in [0.2, 0.25) is 0 Å². The maximum absolute atomic E-state index is 12.1. The Kier molecular flexibility index (Phi) is 5.12. The summed E-state index contributed by atoms with van der Waals surface area (Å²) in [5.74, 6) is -1.08. The average molecular weight is 343 g/mol. The summed E-state index contributed by atoms with van der Waals surface area (Å²) in [4.78, 5) is 23.7. The summed E-state index contributed by atoms with van der Waals surface area (Å²) in [5.41, 5.74) is 5.38. The van der Waals surface area contributed by atoms with E-state index in [1.54, 1.807) is 24.3 Å². The molecule has 1 aliphatic heterocycles. The quantitative estimate of drug-likeness (QED) is 0.800. The van der Waals surface area contributed by atoms with Crippen molar-refractivity contribution in [3.8, 4) is 0 Å². The summed E-state index contributed by atoms with van der Waals surface area (Å²) < 4.78 is 28.0. The van der Waals surface area contributed by atoms with E-state index in [0.717, 1.165) is 0 Å². The number of benzene rings is 1. The Morgan fingerprint density at radius 2 is 2.05 bits per heavy atom. The monoisotopic (exact) mass is 343 g/mol. The molecule has 0 saturated carbocycles. The van der Waals surface area contributed by atoms with Gasteiger partial charge in [0.2, 0.25) is 0 Å². The molecule has 1 amide bonds. The highest BCUT2D eigenvalue weighted by Crippen LogP contribution is 2.33. The summed E-state index contributed by atoms with van der Waals surface area (Å²) >= 11 is 1.35. The molecule has 2 N–H and O–H groups in total. The van der Waals surface area contributed by atoms with Gasteiger partial charge < -0.3 is 10.5 Å². The normalized spacial score (nSPS) is 21.2. The minimum atomic E-state index is -2.98. The lowest BCUT2D eigenvalue weighted by molar-refractivity contribution is -0.125. The van der Waals surface area contributed by atoms with Crippen LogP contribution in [0.4, 0.5) is 0 Å². The van der Waals surface area contributed by atoms with Crippen LogP contribution in [-0.4, -0.2) is 43.2 Å². The van der Waals surface area contributed by atoms with Gasteiger partial charge in [0, 0.05) is 10.1 Å². The summed E-state index contributed by atoms with van der Waals surface area (Å²) in [6.07, 6.45) is -0.453. The van der Waals surface area contributed by atoms with E-state index in [2.05, 4.69) is 0 Å². The van der Waals surface area contributed by atoms with Crippen LogP contribution in [0, 0.1) is 0 Å². The van der Waals surface area contributed by atoms with Crippen LogP contribution in [0.5, 0.6) is 0 Å². The molecule has 6 nitrogen and oxygen atoms in total. The van der Waals surface area contributed by atoms with Crippen molar-refractivity contribution < 1.29 is 22.7 Å². The van der Waals surface area contributed by atoms with Crippen molar-refractivity contribution in [1.82, 2.24) is 0 Å². The molecule has 22 heavy (non-hydrogen) atoms. The number of hydrogen-bond acceptors (Lipinski definition) is 6. The minimum Gasteiger partial charge on any atom is -0.449 e. The molecule has 0 spiro atoms. The Bertz CT molecular complexity index is 686. The van der Waals surface area contributed by atoms with Gasteiger partial charge in [0.1, 0.15) is 0 Å². The fourth-order valence-corrected chi connectivity index (χ4v) is 5.67. The van der Waals surface area contributed by atoms with Crippen LogP contribution >= 0.6 is 11.8 Å². The van der Waals surface area contributed by atoms with E-state index < -0.39 is 27.8 Å². The van der Waals surface area contributed by atoms with E-state index in [4.69, 9.17) is 10.5 Å². The number of nitrogens with two attached hydrogens (primary N) is 1. The van der Waals surface area contributed by atoms with Gasteiger partial charge in [-0.25, -0.2) is 13.2 Å². The first kappa shape index (κ1) is 16.8. The van der Waals surface area contributed by atoms with Crippen molar-refractivity contribution in [2.45, 2.75) is 29.6 Å². The van der Waals surface area contributed by atoms with Crippen molar-refractivity contribution in [3.05, 3.63) is 29.8 Å². The Hall–Kier alpha value is -1.54. The zero-order valence-corrected chi connectivity index (χ0v) is 13.7. The molecule has 2 atom stereocenters. The van der Waals surface area contributed by atoms with Gasteiger partial charge in [-0.1, -0.05) is 12.1 Å². The fraction of sp³-hybridized carbons (Fsp3) is 0.429. The molecule has 1 saturated heterocycles. The zero-order chi connectivity index (χ0) is 16.3. The third-order valence-electron chi connectivity index (χ3n) is 3.28. The second-order valence-electron chi connectivity index (χ2n) is 5.09. The number of ether oxygens (including phenoxy) is 1. The van der Waals surface area contributed by atoms with Crippen LogP contribution in [-0.2, 0) is 19.4 Å². The molecular formula is C14H17NO5S2. The van der Waals surface area contributed by atoms with Gasteiger partial charge in [-0.3, -0.25) is 4.79 Å². The third-order valence-corrected chi connectivity index (χ3v) is 6.60. The van der Waals surface area contributed by atoms with Gasteiger partial charge in [-0.15, -0.1) is 11.8 Å². The van der Waals surface area contributed by atoms with Crippen LogP contribution in [0.25, 0.3) is 0 Å². The highest BCUT2D eigenvalue weighted by Gasteiger charge is 2.30. The molecule has 0 radical (unpaired) electrons. The second-order valence-corrected chi connectivity index (χ2v) is 8.66. The number of thioether (sulfide) groups is 1. The van der Waals surface area contributed by atoms with Gasteiger partial charge in [0.15, 0.2) is 15.9 Å². The first-order valence-corrected chi connectivity index (χ1v) is 9.45. The molecule has 0 aromatic heterocycles. The SMILES string of the molecule is C[C@H](OC(=O)c1ccccc1S[C@H]1CCS(=O)(=O)C1)C(N)=O. The van der Waals surface area contributed by atoms with Gasteiger partial charge in [0.05, 0.1) is 17.1 Å². The number of esters is 1. The molecule has 8 heteroatoms. The highest BCUT2D eigenvalue weighted by molar-refractivity contribution is 8.02. The predicted molar refractivity (Wildman–Crippen MR) is 83.4 cm³/mol. The van der Waals surface area contributed by atoms with Crippen molar-refractivity contribution >= 4 is 33.5 Å². The molecule has 0 unspecified atom stereocenters. The van der Waals surface area contributed by atoms with E-state index in [9.17, 15) is 18.0 Å². The second kappa shape index (κ2) is 6.70. The van der Waals surface area contributed by atoms with E-state index in [1.165, 1.54) is 18.7 Å². The van der Waals surface area contributed by atoms with E-state index in [-0.39, 0.29) is 16.8 Å². The van der Waals surface area contributed by atoms with Crippen LogP contribution in [0.15, 0.2) is 29.2 Å². The predicted octanol–water partition coefficient (Wildman–Crippen LogP) is 0.996. The van der Waals surface area contributed by atoms with Crippen molar-refractivity contribution in [3.63, 3.8) is 0 Å². The van der Waals surface area contributed by atoms with E-state index >= 15 is 0 Å². The molecule has 1 fully saturated rings. The summed E-state index contributed by atoms with van der Waals surface area (Å²) in [6.45, 7) is 1.40. The first-order valence-electron chi connectivity index (χ1n) is 6.75. The maximum atomic E-state index is 12.1. The lowest BCUT2D eigenvalue weighted by Crippen LogP contribution is -2.30. The molecule has 120 valence electrons. The fourth-order valence-electron chi connectivity index (χ4n) is 2.05. The number of hydrogen-bond donors (Lipinski definition) is 1. The number of primary amides is 1. The number of carbonyl (C=O) groups excluding carboxylic acids is 2. The minimum absolute atomic E-state index is 0.0764. The molecule has 2 rings (SSSR count). The molecule has 1 aromatic rings. The molecule has 1 heterocycles. The summed E-state index contributed by atoms with van der Waals surface area (Å²) in [6, 6.07) is 6.77. The molecule has 1 aliphatic rings. The Labute approximate surface area is 133 Å². The molecule has 0 bridgehead atoms. The number of sulfone groups is 1.